The Morgan fingerprint density at radius 1 is 1.50 bits per heavy atom. The number of hydrogen-bond donors (Lipinski definition) is 0. The third kappa shape index (κ3) is 3.65. The van der Waals surface area contributed by atoms with Crippen molar-refractivity contribution in [2.75, 3.05) is 0 Å². The summed E-state index contributed by atoms with van der Waals surface area (Å²) in [5.41, 5.74) is 0.398. The van der Waals surface area contributed by atoms with Crippen molar-refractivity contribution in [2.24, 2.45) is 17.3 Å². The monoisotopic (exact) mass is 194 g/mol. The standard InChI is InChI=1S/C13H22O/c1-10(9-13(2,3)4)11-5-7-12(14)8-6-11/h5,7,10-11H,6,8-9H2,1-4H3. The van der Waals surface area contributed by atoms with Gasteiger partial charge in [0.25, 0.3) is 0 Å². The molecule has 0 radical (unpaired) electrons. The van der Waals surface area contributed by atoms with Crippen LogP contribution in [-0.4, -0.2) is 5.78 Å². The number of carbonyl (C=O) groups is 1. The van der Waals surface area contributed by atoms with Crippen LogP contribution in [0.15, 0.2) is 12.2 Å². The van der Waals surface area contributed by atoms with Crippen LogP contribution in [0.2, 0.25) is 0 Å². The van der Waals surface area contributed by atoms with Gasteiger partial charge in [-0.2, -0.15) is 0 Å². The lowest BCUT2D eigenvalue weighted by Crippen LogP contribution is -2.20. The smallest absolute Gasteiger partial charge is 0.155 e. The maximum absolute atomic E-state index is 11.0. The van der Waals surface area contributed by atoms with Gasteiger partial charge in [0.15, 0.2) is 5.78 Å². The van der Waals surface area contributed by atoms with Crippen LogP contribution >= 0.6 is 0 Å². The van der Waals surface area contributed by atoms with Gasteiger partial charge in [-0.1, -0.05) is 33.8 Å². The molecule has 1 rings (SSSR count). The first-order valence-electron chi connectivity index (χ1n) is 5.59. The lowest BCUT2D eigenvalue weighted by molar-refractivity contribution is -0.115. The highest BCUT2D eigenvalue weighted by Gasteiger charge is 2.23. The van der Waals surface area contributed by atoms with Crippen LogP contribution in [0, 0.1) is 17.3 Å². The van der Waals surface area contributed by atoms with Crippen molar-refractivity contribution < 1.29 is 4.79 Å². The molecule has 0 aromatic carbocycles. The minimum absolute atomic E-state index is 0.296. The first-order chi connectivity index (χ1) is 6.38. The molecule has 0 N–H and O–H groups in total. The first-order valence-corrected chi connectivity index (χ1v) is 5.59. The van der Waals surface area contributed by atoms with Crippen LogP contribution in [0.5, 0.6) is 0 Å². The Hall–Kier alpha value is -0.590. The molecule has 80 valence electrons. The number of carbonyl (C=O) groups excluding carboxylic acids is 1. The summed E-state index contributed by atoms with van der Waals surface area (Å²) >= 11 is 0. The molecule has 0 saturated carbocycles. The molecule has 1 heteroatoms. The van der Waals surface area contributed by atoms with Gasteiger partial charge in [-0.3, -0.25) is 4.79 Å². The number of allylic oxidation sites excluding steroid dienone is 2. The van der Waals surface area contributed by atoms with Crippen LogP contribution in [-0.2, 0) is 4.79 Å². The topological polar surface area (TPSA) is 17.1 Å². The summed E-state index contributed by atoms with van der Waals surface area (Å²) < 4.78 is 0. The van der Waals surface area contributed by atoms with Crippen LogP contribution < -0.4 is 0 Å². The fourth-order valence-corrected chi connectivity index (χ4v) is 2.31. The van der Waals surface area contributed by atoms with Gasteiger partial charge in [0.2, 0.25) is 0 Å². The molecular formula is C13H22O. The van der Waals surface area contributed by atoms with Gasteiger partial charge < -0.3 is 0 Å². The highest BCUT2D eigenvalue weighted by Crippen LogP contribution is 2.32. The molecule has 0 saturated heterocycles. The minimum Gasteiger partial charge on any atom is -0.295 e. The van der Waals surface area contributed by atoms with Crippen LogP contribution in [0.1, 0.15) is 47.0 Å². The summed E-state index contributed by atoms with van der Waals surface area (Å²) in [5.74, 6) is 1.61. The number of rotatable bonds is 2. The van der Waals surface area contributed by atoms with Gasteiger partial charge in [-0.25, -0.2) is 0 Å². The summed E-state index contributed by atoms with van der Waals surface area (Å²) in [5, 5.41) is 0. The fourth-order valence-electron chi connectivity index (χ4n) is 2.31. The predicted octanol–water partition coefficient (Wildman–Crippen LogP) is 3.59. The van der Waals surface area contributed by atoms with Gasteiger partial charge in [0.1, 0.15) is 0 Å². The lowest BCUT2D eigenvalue weighted by atomic mass is 9.76. The predicted molar refractivity (Wildman–Crippen MR) is 60.1 cm³/mol. The Morgan fingerprint density at radius 2 is 2.14 bits per heavy atom. The maximum Gasteiger partial charge on any atom is 0.155 e. The van der Waals surface area contributed by atoms with Gasteiger partial charge >= 0.3 is 0 Å². The number of hydrogen-bond acceptors (Lipinski definition) is 1. The van der Waals surface area contributed by atoms with Crippen molar-refractivity contribution in [2.45, 2.75) is 47.0 Å². The van der Waals surface area contributed by atoms with E-state index in [4.69, 9.17) is 0 Å². The second-order valence-electron chi connectivity index (χ2n) is 5.77. The molecule has 0 aromatic rings. The molecular weight excluding hydrogens is 172 g/mol. The average molecular weight is 194 g/mol. The van der Waals surface area contributed by atoms with Crippen LogP contribution in [0.3, 0.4) is 0 Å². The summed E-state index contributed by atoms with van der Waals surface area (Å²) in [6.45, 7) is 9.14. The molecule has 1 nitrogen and oxygen atoms in total. The summed E-state index contributed by atoms with van der Waals surface area (Å²) in [6, 6.07) is 0. The van der Waals surface area contributed by atoms with Crippen LogP contribution in [0.4, 0.5) is 0 Å². The zero-order chi connectivity index (χ0) is 10.8. The van der Waals surface area contributed by atoms with E-state index in [9.17, 15) is 4.79 Å². The van der Waals surface area contributed by atoms with Crippen molar-refractivity contribution in [1.29, 1.82) is 0 Å². The van der Waals surface area contributed by atoms with E-state index in [1.54, 1.807) is 6.08 Å². The molecule has 0 spiro atoms. The Kier molecular flexibility index (Phi) is 3.52. The molecule has 0 aromatic heterocycles. The highest BCUT2D eigenvalue weighted by atomic mass is 16.1. The van der Waals surface area contributed by atoms with Crippen molar-refractivity contribution in [3.05, 3.63) is 12.2 Å². The van der Waals surface area contributed by atoms with Gasteiger partial charge in [0.05, 0.1) is 0 Å². The van der Waals surface area contributed by atoms with Gasteiger partial charge in [0, 0.05) is 6.42 Å². The Morgan fingerprint density at radius 3 is 2.57 bits per heavy atom. The first kappa shape index (κ1) is 11.5. The molecule has 14 heavy (non-hydrogen) atoms. The van der Waals surface area contributed by atoms with E-state index < -0.39 is 0 Å². The maximum atomic E-state index is 11.0. The molecule has 0 bridgehead atoms. The quantitative estimate of drug-likeness (QED) is 0.656. The molecule has 0 aliphatic heterocycles. The molecule has 1 aliphatic carbocycles. The summed E-state index contributed by atoms with van der Waals surface area (Å²) in [4.78, 5) is 11.0. The third-order valence-corrected chi connectivity index (χ3v) is 2.92. The molecule has 0 amide bonds. The summed E-state index contributed by atoms with van der Waals surface area (Å²) in [7, 11) is 0. The normalized spacial score (nSPS) is 25.1. The largest absolute Gasteiger partial charge is 0.295 e. The molecule has 2 unspecified atom stereocenters. The van der Waals surface area contributed by atoms with Crippen molar-refractivity contribution >= 4 is 5.78 Å². The Balaban J connectivity index is 2.50. The van der Waals surface area contributed by atoms with Crippen molar-refractivity contribution in [3.63, 3.8) is 0 Å². The number of ketones is 1. The van der Waals surface area contributed by atoms with Gasteiger partial charge in [-0.15, -0.1) is 0 Å². The van der Waals surface area contributed by atoms with E-state index in [1.165, 1.54) is 6.42 Å². The Bertz CT molecular complexity index is 232. The average Bonchev–Trinajstić information content (AvgIpc) is 2.02. The summed E-state index contributed by atoms with van der Waals surface area (Å²) in [6.07, 6.45) is 6.91. The zero-order valence-corrected chi connectivity index (χ0v) is 9.84. The SMILES string of the molecule is CC(CC(C)(C)C)C1C=CC(=O)CC1. The van der Waals surface area contributed by atoms with Gasteiger partial charge in [-0.05, 0) is 36.2 Å². The van der Waals surface area contributed by atoms with E-state index in [0.29, 0.717) is 23.0 Å². The lowest BCUT2D eigenvalue weighted by Gasteiger charge is -2.29. The second kappa shape index (κ2) is 4.29. The molecule has 2 atom stereocenters. The molecule has 1 aliphatic rings. The Labute approximate surface area is 87.6 Å². The molecule has 0 fully saturated rings. The van der Waals surface area contributed by atoms with E-state index in [1.807, 2.05) is 0 Å². The van der Waals surface area contributed by atoms with E-state index >= 15 is 0 Å². The van der Waals surface area contributed by atoms with Crippen molar-refractivity contribution in [1.82, 2.24) is 0 Å². The van der Waals surface area contributed by atoms with E-state index in [2.05, 4.69) is 33.8 Å². The van der Waals surface area contributed by atoms with E-state index in [-0.39, 0.29) is 0 Å². The van der Waals surface area contributed by atoms with Crippen molar-refractivity contribution in [3.8, 4) is 0 Å². The van der Waals surface area contributed by atoms with E-state index in [0.717, 1.165) is 12.8 Å². The highest BCUT2D eigenvalue weighted by molar-refractivity contribution is 5.90. The zero-order valence-electron chi connectivity index (χ0n) is 9.84. The fraction of sp³-hybridized carbons (Fsp3) is 0.769. The molecule has 0 heterocycles. The van der Waals surface area contributed by atoms with Crippen LogP contribution in [0.25, 0.3) is 0 Å². The second-order valence-corrected chi connectivity index (χ2v) is 5.77. The third-order valence-electron chi connectivity index (χ3n) is 2.92. The minimum atomic E-state index is 0.296.